The Morgan fingerprint density at radius 3 is 2.32 bits per heavy atom. The van der Waals surface area contributed by atoms with E-state index in [1.165, 1.54) is 39.3 Å². The van der Waals surface area contributed by atoms with E-state index in [0.717, 1.165) is 4.31 Å². The fraction of sp³-hybridized carbons (Fsp3) is 0.222. The summed E-state index contributed by atoms with van der Waals surface area (Å²) in [5, 5.41) is 5.35. The number of ether oxygens (including phenoxy) is 1. The topological polar surface area (TPSA) is 105 Å². The Kier molecular flexibility index (Phi) is 7.00. The standard InChI is InChI=1S/C18H20ClN3O5S/c1-12(23)20-13-5-4-6-14(9-13)21-18(24)11-22(2)28(25,26)15-7-8-17(27-3)16(19)10-15/h4-10H,11H2,1-3H3,(H,20,23)(H,21,24). The molecule has 0 saturated carbocycles. The molecule has 2 N–H and O–H groups in total. The molecule has 10 heteroatoms. The molecule has 2 aromatic carbocycles. The van der Waals surface area contributed by atoms with Gasteiger partial charge in [0.05, 0.1) is 23.6 Å². The van der Waals surface area contributed by atoms with Gasteiger partial charge in [0, 0.05) is 25.3 Å². The summed E-state index contributed by atoms with van der Waals surface area (Å²) >= 11 is 5.99. The van der Waals surface area contributed by atoms with Crippen LogP contribution in [0.1, 0.15) is 6.92 Å². The lowest BCUT2D eigenvalue weighted by atomic mass is 10.2. The first-order chi connectivity index (χ1) is 13.1. The molecule has 0 aromatic heterocycles. The fourth-order valence-corrected chi connectivity index (χ4v) is 3.83. The van der Waals surface area contributed by atoms with Crippen LogP contribution in [0, 0.1) is 0 Å². The molecule has 0 unspecified atom stereocenters. The van der Waals surface area contributed by atoms with E-state index in [9.17, 15) is 18.0 Å². The number of carbonyl (C=O) groups excluding carboxylic acids is 2. The van der Waals surface area contributed by atoms with Gasteiger partial charge in [-0.3, -0.25) is 9.59 Å². The number of anilines is 2. The lowest BCUT2D eigenvalue weighted by Gasteiger charge is -2.17. The molecule has 0 aliphatic rings. The number of hydrogen-bond acceptors (Lipinski definition) is 5. The predicted octanol–water partition coefficient (Wildman–Crippen LogP) is 2.57. The first kappa shape index (κ1) is 21.7. The quantitative estimate of drug-likeness (QED) is 0.709. The summed E-state index contributed by atoms with van der Waals surface area (Å²) in [6.07, 6.45) is 0. The Morgan fingerprint density at radius 2 is 1.75 bits per heavy atom. The molecule has 150 valence electrons. The van der Waals surface area contributed by atoms with Gasteiger partial charge in [-0.2, -0.15) is 4.31 Å². The van der Waals surface area contributed by atoms with Crippen molar-refractivity contribution in [2.75, 3.05) is 31.3 Å². The van der Waals surface area contributed by atoms with Crippen molar-refractivity contribution in [1.29, 1.82) is 0 Å². The number of rotatable bonds is 7. The second-order valence-electron chi connectivity index (χ2n) is 5.87. The van der Waals surface area contributed by atoms with Gasteiger partial charge >= 0.3 is 0 Å². The maximum atomic E-state index is 12.6. The zero-order valence-corrected chi connectivity index (χ0v) is 17.1. The lowest BCUT2D eigenvalue weighted by Crippen LogP contribution is -2.35. The molecule has 2 amide bonds. The van der Waals surface area contributed by atoms with E-state index in [1.54, 1.807) is 24.3 Å². The molecule has 0 spiro atoms. The third kappa shape index (κ3) is 5.44. The third-order valence-corrected chi connectivity index (χ3v) is 5.76. The maximum Gasteiger partial charge on any atom is 0.243 e. The predicted molar refractivity (Wildman–Crippen MR) is 107 cm³/mol. The highest BCUT2D eigenvalue weighted by Gasteiger charge is 2.24. The number of benzene rings is 2. The summed E-state index contributed by atoms with van der Waals surface area (Å²) in [6, 6.07) is 10.6. The summed E-state index contributed by atoms with van der Waals surface area (Å²) in [5.74, 6) is -0.432. The van der Waals surface area contributed by atoms with Crippen LogP contribution >= 0.6 is 11.6 Å². The van der Waals surface area contributed by atoms with Crippen molar-refractivity contribution >= 4 is 44.8 Å². The van der Waals surface area contributed by atoms with Crippen LogP contribution in [-0.4, -0.2) is 45.2 Å². The summed E-state index contributed by atoms with van der Waals surface area (Å²) in [4.78, 5) is 23.3. The molecule has 0 aliphatic heterocycles. The molecule has 0 aliphatic carbocycles. The van der Waals surface area contributed by atoms with Gasteiger partial charge in [0.1, 0.15) is 5.75 Å². The zero-order chi connectivity index (χ0) is 20.9. The minimum atomic E-state index is -3.92. The first-order valence-corrected chi connectivity index (χ1v) is 9.92. The van der Waals surface area contributed by atoms with Gasteiger partial charge in [0.2, 0.25) is 21.8 Å². The molecule has 0 fully saturated rings. The third-order valence-electron chi connectivity index (χ3n) is 3.66. The van der Waals surface area contributed by atoms with Crippen molar-refractivity contribution in [2.24, 2.45) is 0 Å². The number of halogens is 1. The Bertz CT molecular complexity index is 994. The molecule has 0 bridgehead atoms. The summed E-state index contributed by atoms with van der Waals surface area (Å²) < 4.78 is 31.2. The van der Waals surface area contributed by atoms with Gasteiger partial charge in [-0.1, -0.05) is 17.7 Å². The minimum absolute atomic E-state index is 0.0544. The molecule has 0 atom stereocenters. The Labute approximate surface area is 168 Å². The van der Waals surface area contributed by atoms with Crippen molar-refractivity contribution in [3.05, 3.63) is 47.5 Å². The van der Waals surface area contributed by atoms with Crippen molar-refractivity contribution < 1.29 is 22.7 Å². The smallest absolute Gasteiger partial charge is 0.243 e. The highest BCUT2D eigenvalue weighted by atomic mass is 35.5. The lowest BCUT2D eigenvalue weighted by molar-refractivity contribution is -0.116. The molecule has 2 rings (SSSR count). The number of hydrogen-bond donors (Lipinski definition) is 2. The summed E-state index contributed by atoms with van der Waals surface area (Å²) in [6.45, 7) is 0.965. The average molecular weight is 426 g/mol. The number of nitrogens with zero attached hydrogens (tertiary/aromatic N) is 1. The van der Waals surface area contributed by atoms with Crippen molar-refractivity contribution in [1.82, 2.24) is 4.31 Å². The van der Waals surface area contributed by atoms with Crippen LogP contribution < -0.4 is 15.4 Å². The van der Waals surface area contributed by atoms with Crippen molar-refractivity contribution in [3.8, 4) is 5.75 Å². The zero-order valence-electron chi connectivity index (χ0n) is 15.5. The van der Waals surface area contributed by atoms with Crippen molar-refractivity contribution in [2.45, 2.75) is 11.8 Å². The van der Waals surface area contributed by atoms with Crippen LogP contribution in [0.5, 0.6) is 5.75 Å². The number of nitrogens with one attached hydrogen (secondary N) is 2. The van der Waals surface area contributed by atoms with Crippen LogP contribution in [0.25, 0.3) is 0 Å². The average Bonchev–Trinajstić information content (AvgIpc) is 2.61. The van der Waals surface area contributed by atoms with E-state index >= 15 is 0 Å². The van der Waals surface area contributed by atoms with E-state index in [2.05, 4.69) is 10.6 Å². The molecule has 28 heavy (non-hydrogen) atoms. The fourth-order valence-electron chi connectivity index (χ4n) is 2.35. The molecule has 0 saturated heterocycles. The van der Waals surface area contributed by atoms with E-state index in [4.69, 9.17) is 16.3 Å². The number of amides is 2. The van der Waals surface area contributed by atoms with Gasteiger partial charge < -0.3 is 15.4 Å². The Balaban J connectivity index is 2.09. The van der Waals surface area contributed by atoms with Crippen LogP contribution in [0.3, 0.4) is 0 Å². The highest BCUT2D eigenvalue weighted by Crippen LogP contribution is 2.28. The van der Waals surface area contributed by atoms with E-state index in [1.807, 2.05) is 0 Å². The number of sulfonamides is 1. The highest BCUT2D eigenvalue weighted by molar-refractivity contribution is 7.89. The Morgan fingerprint density at radius 1 is 1.11 bits per heavy atom. The minimum Gasteiger partial charge on any atom is -0.495 e. The van der Waals surface area contributed by atoms with Crippen LogP contribution in [0.4, 0.5) is 11.4 Å². The van der Waals surface area contributed by atoms with Crippen molar-refractivity contribution in [3.63, 3.8) is 0 Å². The molecule has 8 nitrogen and oxygen atoms in total. The molecular formula is C18H20ClN3O5S. The van der Waals surface area contributed by atoms with Gasteiger partial charge in [0.15, 0.2) is 0 Å². The summed E-state index contributed by atoms with van der Waals surface area (Å²) in [7, 11) is -1.21. The van der Waals surface area contributed by atoms with Crippen LogP contribution in [-0.2, 0) is 19.6 Å². The molecule has 2 aromatic rings. The van der Waals surface area contributed by atoms with E-state index in [0.29, 0.717) is 17.1 Å². The van der Waals surface area contributed by atoms with E-state index in [-0.39, 0.29) is 15.8 Å². The number of methoxy groups -OCH3 is 1. The Hall–Kier alpha value is -2.62. The SMILES string of the molecule is COc1ccc(S(=O)(=O)N(C)CC(=O)Nc2cccc(NC(C)=O)c2)cc1Cl. The molecule has 0 heterocycles. The second kappa shape index (κ2) is 9.05. The monoisotopic (exact) mass is 425 g/mol. The number of carbonyl (C=O) groups is 2. The molecular weight excluding hydrogens is 406 g/mol. The maximum absolute atomic E-state index is 12.6. The van der Waals surface area contributed by atoms with Gasteiger partial charge in [-0.05, 0) is 36.4 Å². The number of likely N-dealkylation sites (N-methyl/N-ethyl adjacent to an activating group) is 1. The summed E-state index contributed by atoms with van der Waals surface area (Å²) in [5.41, 5.74) is 0.939. The molecule has 0 radical (unpaired) electrons. The second-order valence-corrected chi connectivity index (χ2v) is 8.32. The first-order valence-electron chi connectivity index (χ1n) is 8.11. The normalized spacial score (nSPS) is 11.2. The van der Waals surface area contributed by atoms with Crippen LogP contribution in [0.15, 0.2) is 47.4 Å². The van der Waals surface area contributed by atoms with Gasteiger partial charge in [-0.25, -0.2) is 8.42 Å². The van der Waals surface area contributed by atoms with Crippen LogP contribution in [0.2, 0.25) is 5.02 Å². The van der Waals surface area contributed by atoms with E-state index < -0.39 is 22.5 Å². The van der Waals surface area contributed by atoms with Gasteiger partial charge in [0.25, 0.3) is 0 Å². The van der Waals surface area contributed by atoms with Gasteiger partial charge in [-0.15, -0.1) is 0 Å². The largest absolute Gasteiger partial charge is 0.495 e.